The first-order valence-electron chi connectivity index (χ1n) is 15.6. The van der Waals surface area contributed by atoms with E-state index in [0.717, 1.165) is 0 Å². The molecule has 0 aliphatic rings. The molecular weight excluding hydrogens is 671 g/mol. The number of rotatable bonds is 11. The number of ether oxygens (including phenoxy) is 2. The van der Waals surface area contributed by atoms with Crippen LogP contribution in [-0.4, -0.2) is 77.3 Å². The van der Waals surface area contributed by atoms with Crippen molar-refractivity contribution >= 4 is 45.7 Å². The standard InChI is InChI=1S/C37H37ClF3N5O4/c1-36(2,3)50-35(48)46(18-10-15-31(47)45(4)5)19-20-49-30-17-16-25(23-43-30)32(34-33(38)27-13-8-9-14-29(27)44-34)28(21-37(39,40)41)26-12-7-6-11-24(26)22-42/h6-17,23,44H,18-21H2,1-5H3/b15-10+,32-28+. The van der Waals surface area contributed by atoms with Gasteiger partial charge in [-0.15, -0.1) is 0 Å². The number of aromatic amines is 1. The van der Waals surface area contributed by atoms with Crippen LogP contribution in [0.5, 0.6) is 5.88 Å². The van der Waals surface area contributed by atoms with Crippen LogP contribution in [-0.2, 0) is 9.53 Å². The molecule has 1 N–H and O–H groups in total. The van der Waals surface area contributed by atoms with Crippen molar-refractivity contribution in [1.29, 1.82) is 5.26 Å². The summed E-state index contributed by atoms with van der Waals surface area (Å²) >= 11 is 6.82. The van der Waals surface area contributed by atoms with E-state index in [-0.39, 0.29) is 64.5 Å². The van der Waals surface area contributed by atoms with Crippen LogP contribution in [0.25, 0.3) is 22.0 Å². The Kier molecular flexibility index (Phi) is 12.0. The molecule has 0 bridgehead atoms. The largest absolute Gasteiger partial charge is 0.476 e. The molecule has 13 heteroatoms. The highest BCUT2D eigenvalue weighted by atomic mass is 35.5. The summed E-state index contributed by atoms with van der Waals surface area (Å²) in [5, 5.41) is 10.7. The maximum absolute atomic E-state index is 14.2. The van der Waals surface area contributed by atoms with Gasteiger partial charge >= 0.3 is 12.3 Å². The number of para-hydroxylation sites is 1. The lowest BCUT2D eigenvalue weighted by atomic mass is 9.88. The molecular formula is C37H37ClF3N5O4. The molecule has 262 valence electrons. The summed E-state index contributed by atoms with van der Waals surface area (Å²) in [5.74, 6) is -0.0977. The molecule has 0 radical (unpaired) electrons. The van der Waals surface area contributed by atoms with Gasteiger partial charge in [0.2, 0.25) is 11.8 Å². The third-order valence-electron chi connectivity index (χ3n) is 7.26. The molecule has 4 rings (SSSR count). The summed E-state index contributed by atoms with van der Waals surface area (Å²) in [6, 6.07) is 18.2. The second-order valence-corrected chi connectivity index (χ2v) is 12.8. The van der Waals surface area contributed by atoms with Crippen LogP contribution in [0.2, 0.25) is 5.02 Å². The van der Waals surface area contributed by atoms with E-state index in [1.165, 1.54) is 40.3 Å². The lowest BCUT2D eigenvalue weighted by Gasteiger charge is -2.26. The minimum Gasteiger partial charge on any atom is -0.476 e. The SMILES string of the molecule is CN(C)C(=O)/C=C/CN(CCOc1ccc(/C(=C(/CC(F)(F)F)c2ccccc2C#N)c2[nH]c3ccccc3c2Cl)cn1)C(=O)OC(C)(C)C. The number of carbonyl (C=O) groups is 2. The molecule has 4 aromatic rings. The quantitative estimate of drug-likeness (QED) is 0.157. The molecule has 0 fully saturated rings. The Morgan fingerprint density at radius 3 is 2.36 bits per heavy atom. The first kappa shape index (κ1) is 37.5. The third kappa shape index (κ3) is 9.89. The summed E-state index contributed by atoms with van der Waals surface area (Å²) < 4.78 is 54.0. The van der Waals surface area contributed by atoms with Crippen LogP contribution in [0.1, 0.15) is 49.6 Å². The fraction of sp³-hybridized carbons (Fsp3) is 0.297. The fourth-order valence-electron chi connectivity index (χ4n) is 5.00. The van der Waals surface area contributed by atoms with Crippen LogP contribution in [0.3, 0.4) is 0 Å². The molecule has 0 unspecified atom stereocenters. The van der Waals surface area contributed by atoms with E-state index in [4.69, 9.17) is 21.1 Å². The third-order valence-corrected chi connectivity index (χ3v) is 7.65. The number of alkyl halides is 3. The van der Waals surface area contributed by atoms with Crippen LogP contribution in [0.4, 0.5) is 18.0 Å². The van der Waals surface area contributed by atoms with Gasteiger partial charge in [0.1, 0.15) is 12.2 Å². The first-order chi connectivity index (χ1) is 23.6. The summed E-state index contributed by atoms with van der Waals surface area (Å²) in [5.41, 5.74) is 0.545. The fourth-order valence-corrected chi connectivity index (χ4v) is 5.31. The molecule has 2 aromatic carbocycles. The Labute approximate surface area is 293 Å². The van der Waals surface area contributed by atoms with Gasteiger partial charge in [-0.25, -0.2) is 9.78 Å². The number of fused-ring (bicyclic) bond motifs is 1. The number of aromatic nitrogens is 2. The number of hydrogen-bond acceptors (Lipinski definition) is 6. The predicted molar refractivity (Wildman–Crippen MR) is 186 cm³/mol. The number of benzene rings is 2. The Hall–Kier alpha value is -5.28. The normalized spacial score (nSPS) is 12.4. The smallest absolute Gasteiger partial charge is 0.410 e. The van der Waals surface area contributed by atoms with Crippen molar-refractivity contribution in [3.05, 3.63) is 106 Å². The second-order valence-electron chi connectivity index (χ2n) is 12.5. The van der Waals surface area contributed by atoms with Crippen molar-refractivity contribution < 1.29 is 32.2 Å². The van der Waals surface area contributed by atoms with E-state index in [9.17, 15) is 28.0 Å². The van der Waals surface area contributed by atoms with Crippen LogP contribution in [0.15, 0.2) is 79.0 Å². The van der Waals surface area contributed by atoms with Crippen molar-refractivity contribution in [1.82, 2.24) is 19.8 Å². The molecule has 2 amide bonds. The van der Waals surface area contributed by atoms with E-state index in [1.807, 2.05) is 6.07 Å². The Balaban J connectivity index is 1.70. The molecule has 0 spiro atoms. The van der Waals surface area contributed by atoms with Gasteiger partial charge in [-0.3, -0.25) is 4.79 Å². The number of halogens is 4. The van der Waals surface area contributed by atoms with Crippen molar-refractivity contribution in [2.24, 2.45) is 0 Å². The molecule has 50 heavy (non-hydrogen) atoms. The number of pyridine rings is 1. The van der Waals surface area contributed by atoms with Crippen LogP contribution < -0.4 is 4.74 Å². The van der Waals surface area contributed by atoms with Crippen molar-refractivity contribution in [2.45, 2.75) is 39.0 Å². The molecule has 9 nitrogen and oxygen atoms in total. The molecule has 0 atom stereocenters. The minimum absolute atomic E-state index is 0.00747. The number of amides is 2. The molecule has 0 saturated heterocycles. The number of nitriles is 1. The molecule has 2 aromatic heterocycles. The number of carbonyl (C=O) groups excluding carboxylic acids is 2. The molecule has 0 aliphatic carbocycles. The van der Waals surface area contributed by atoms with Crippen LogP contribution >= 0.6 is 11.6 Å². The molecule has 0 aliphatic heterocycles. The van der Waals surface area contributed by atoms with Gasteiger partial charge < -0.3 is 24.3 Å². The zero-order valence-corrected chi connectivity index (χ0v) is 29.0. The number of H-pyrrole nitrogens is 1. The summed E-state index contributed by atoms with van der Waals surface area (Å²) in [7, 11) is 3.22. The highest BCUT2D eigenvalue weighted by Gasteiger charge is 2.33. The van der Waals surface area contributed by atoms with Gasteiger partial charge in [-0.05, 0) is 50.1 Å². The summed E-state index contributed by atoms with van der Waals surface area (Å²) in [4.78, 5) is 35.1. The Morgan fingerprint density at radius 2 is 1.74 bits per heavy atom. The molecule has 2 heterocycles. The van der Waals surface area contributed by atoms with Crippen LogP contribution in [0, 0.1) is 11.3 Å². The highest BCUT2D eigenvalue weighted by molar-refractivity contribution is 6.38. The van der Waals surface area contributed by atoms with Gasteiger partial charge in [-0.2, -0.15) is 18.4 Å². The lowest BCUT2D eigenvalue weighted by Crippen LogP contribution is -2.39. The highest BCUT2D eigenvalue weighted by Crippen LogP contribution is 2.43. The predicted octanol–water partition coefficient (Wildman–Crippen LogP) is 8.26. The zero-order chi connectivity index (χ0) is 36.6. The Bertz CT molecular complexity index is 1940. The van der Waals surface area contributed by atoms with E-state index in [2.05, 4.69) is 9.97 Å². The summed E-state index contributed by atoms with van der Waals surface area (Å²) in [6.45, 7) is 5.36. The number of nitrogens with one attached hydrogen (secondary N) is 1. The second kappa shape index (κ2) is 16.0. The number of nitrogens with zero attached hydrogens (tertiary/aromatic N) is 4. The van der Waals surface area contributed by atoms with Gasteiger partial charge in [0.05, 0.1) is 35.3 Å². The first-order valence-corrected chi connectivity index (χ1v) is 16.0. The minimum atomic E-state index is -4.63. The number of allylic oxidation sites excluding steroid dienone is 1. The maximum Gasteiger partial charge on any atom is 0.410 e. The van der Waals surface area contributed by atoms with Gasteiger partial charge in [0, 0.05) is 61.0 Å². The van der Waals surface area contributed by atoms with Gasteiger partial charge in [-0.1, -0.05) is 54.1 Å². The zero-order valence-electron chi connectivity index (χ0n) is 28.3. The number of likely N-dealkylation sites (N-methyl/N-ethyl adjacent to an activating group) is 1. The average Bonchev–Trinajstić information content (AvgIpc) is 3.38. The average molecular weight is 708 g/mol. The lowest BCUT2D eigenvalue weighted by molar-refractivity contribution is -0.124. The van der Waals surface area contributed by atoms with E-state index < -0.39 is 24.3 Å². The van der Waals surface area contributed by atoms with Crippen molar-refractivity contribution in [2.75, 3.05) is 33.8 Å². The topological polar surface area (TPSA) is 112 Å². The van der Waals surface area contributed by atoms with Gasteiger partial charge in [0.25, 0.3) is 0 Å². The van der Waals surface area contributed by atoms with Crippen molar-refractivity contribution in [3.8, 4) is 11.9 Å². The monoisotopic (exact) mass is 707 g/mol. The van der Waals surface area contributed by atoms with E-state index in [1.54, 1.807) is 83.4 Å². The van der Waals surface area contributed by atoms with E-state index in [0.29, 0.717) is 16.5 Å². The van der Waals surface area contributed by atoms with E-state index >= 15 is 0 Å². The van der Waals surface area contributed by atoms with Crippen molar-refractivity contribution in [3.63, 3.8) is 0 Å². The Morgan fingerprint density at radius 1 is 1.04 bits per heavy atom. The summed E-state index contributed by atoms with van der Waals surface area (Å²) in [6.07, 6.45) is -2.31. The molecule has 0 saturated carbocycles. The number of hydrogen-bond donors (Lipinski definition) is 1. The van der Waals surface area contributed by atoms with Gasteiger partial charge in [0.15, 0.2) is 0 Å². The maximum atomic E-state index is 14.2.